The minimum absolute atomic E-state index is 0.215. The lowest BCUT2D eigenvalue weighted by atomic mass is 10.1. The highest BCUT2D eigenvalue weighted by Crippen LogP contribution is 2.37. The molecule has 190 valence electrons. The van der Waals surface area contributed by atoms with E-state index in [1.807, 2.05) is 13.0 Å². The summed E-state index contributed by atoms with van der Waals surface area (Å²) in [6, 6.07) is 17.6. The third-order valence-electron chi connectivity index (χ3n) is 5.44. The maximum absolute atomic E-state index is 13.1. The molecule has 3 aromatic carbocycles. The zero-order valence-corrected chi connectivity index (χ0v) is 22.6. The molecule has 0 bridgehead atoms. The Kier molecular flexibility index (Phi) is 8.38. The number of hydrogen-bond acceptors (Lipinski definition) is 7. The number of anilines is 2. The molecule has 2 amide bonds. The van der Waals surface area contributed by atoms with E-state index in [4.69, 9.17) is 38.0 Å². The number of thioether (sulfide) groups is 1. The lowest BCUT2D eigenvalue weighted by Gasteiger charge is -2.14. The number of amides is 2. The Morgan fingerprint density at radius 1 is 1.05 bits per heavy atom. The predicted octanol–water partition coefficient (Wildman–Crippen LogP) is 6.09. The SMILES string of the molecule is COc1ccc(N2C(=O)/C(=C/c3ccc(OCC(=O)Nc4cc(Cl)ccc4C)c(OC)c3)SC2=S)cc1. The van der Waals surface area contributed by atoms with Gasteiger partial charge >= 0.3 is 0 Å². The summed E-state index contributed by atoms with van der Waals surface area (Å²) in [5.41, 5.74) is 2.89. The highest BCUT2D eigenvalue weighted by Gasteiger charge is 2.33. The van der Waals surface area contributed by atoms with Crippen LogP contribution in [0.25, 0.3) is 6.08 Å². The van der Waals surface area contributed by atoms with Crippen LogP contribution in [0.1, 0.15) is 11.1 Å². The van der Waals surface area contributed by atoms with Gasteiger partial charge in [0.05, 0.1) is 24.8 Å². The number of ether oxygens (including phenoxy) is 3. The van der Waals surface area contributed by atoms with Crippen LogP contribution in [-0.4, -0.2) is 37.0 Å². The first-order valence-corrected chi connectivity index (χ1v) is 12.7. The first-order chi connectivity index (χ1) is 17.8. The van der Waals surface area contributed by atoms with Crippen molar-refractivity contribution in [2.45, 2.75) is 6.92 Å². The fourth-order valence-electron chi connectivity index (χ4n) is 3.52. The first-order valence-electron chi connectivity index (χ1n) is 11.1. The van der Waals surface area contributed by atoms with Crippen LogP contribution in [0.5, 0.6) is 17.2 Å². The van der Waals surface area contributed by atoms with Gasteiger partial charge < -0.3 is 19.5 Å². The number of carbonyl (C=O) groups is 2. The Morgan fingerprint density at radius 3 is 2.51 bits per heavy atom. The van der Waals surface area contributed by atoms with Crippen molar-refractivity contribution in [3.05, 3.63) is 81.7 Å². The summed E-state index contributed by atoms with van der Waals surface area (Å²) in [5.74, 6) is 0.955. The summed E-state index contributed by atoms with van der Waals surface area (Å²) in [7, 11) is 3.09. The third kappa shape index (κ3) is 6.25. The predicted molar refractivity (Wildman–Crippen MR) is 152 cm³/mol. The zero-order valence-electron chi connectivity index (χ0n) is 20.2. The Morgan fingerprint density at radius 2 is 1.81 bits per heavy atom. The topological polar surface area (TPSA) is 77.1 Å². The van der Waals surface area contributed by atoms with Crippen LogP contribution < -0.4 is 24.4 Å². The van der Waals surface area contributed by atoms with Gasteiger partial charge in [0.25, 0.3) is 11.8 Å². The molecule has 1 saturated heterocycles. The van der Waals surface area contributed by atoms with Crippen molar-refractivity contribution in [2.75, 3.05) is 31.0 Å². The van der Waals surface area contributed by atoms with E-state index in [0.717, 1.165) is 11.1 Å². The van der Waals surface area contributed by atoms with E-state index < -0.39 is 0 Å². The average molecular weight is 555 g/mol. The van der Waals surface area contributed by atoms with Crippen LogP contribution >= 0.6 is 35.6 Å². The second kappa shape index (κ2) is 11.7. The molecule has 1 fully saturated rings. The van der Waals surface area contributed by atoms with E-state index in [9.17, 15) is 9.59 Å². The number of methoxy groups -OCH3 is 2. The number of benzene rings is 3. The molecule has 0 unspecified atom stereocenters. The van der Waals surface area contributed by atoms with Gasteiger partial charge in [-0.2, -0.15) is 0 Å². The standard InChI is InChI=1S/C27H23ClN2O5S2/c1-16-4-6-18(28)14-21(16)29-25(31)15-35-22-11-5-17(12-23(22)34-3)13-24-26(32)30(27(36)37-24)19-7-9-20(33-2)10-8-19/h4-14H,15H2,1-3H3,(H,29,31)/b24-13-. The van der Waals surface area contributed by atoms with E-state index in [1.54, 1.807) is 67.8 Å². The lowest BCUT2D eigenvalue weighted by Crippen LogP contribution is -2.27. The molecule has 0 radical (unpaired) electrons. The molecule has 0 aliphatic carbocycles. The molecule has 0 saturated carbocycles. The van der Waals surface area contributed by atoms with Crippen molar-refractivity contribution in [1.29, 1.82) is 0 Å². The maximum Gasteiger partial charge on any atom is 0.270 e. The highest BCUT2D eigenvalue weighted by atomic mass is 35.5. The minimum atomic E-state index is -0.335. The molecule has 1 aliphatic heterocycles. The van der Waals surface area contributed by atoms with Crippen molar-refractivity contribution in [3.8, 4) is 17.2 Å². The molecular weight excluding hydrogens is 532 g/mol. The van der Waals surface area contributed by atoms with Crippen LogP contribution in [0.2, 0.25) is 5.02 Å². The van der Waals surface area contributed by atoms with E-state index in [1.165, 1.54) is 23.8 Å². The van der Waals surface area contributed by atoms with Crippen LogP contribution in [0.4, 0.5) is 11.4 Å². The number of nitrogens with zero attached hydrogens (tertiary/aromatic N) is 1. The summed E-state index contributed by atoms with van der Waals surface area (Å²) in [4.78, 5) is 27.4. The molecular formula is C27H23ClN2O5S2. The second-order valence-corrected chi connectivity index (χ2v) is 10.0. The van der Waals surface area contributed by atoms with E-state index >= 15 is 0 Å². The van der Waals surface area contributed by atoms with Gasteiger partial charge in [0, 0.05) is 10.7 Å². The molecule has 0 atom stereocenters. The van der Waals surface area contributed by atoms with Crippen LogP contribution in [-0.2, 0) is 9.59 Å². The fourth-order valence-corrected chi connectivity index (χ4v) is 5.00. The fraction of sp³-hybridized carbons (Fsp3) is 0.148. The van der Waals surface area contributed by atoms with Gasteiger partial charge in [-0.15, -0.1) is 0 Å². The van der Waals surface area contributed by atoms with E-state index in [-0.39, 0.29) is 18.4 Å². The highest BCUT2D eigenvalue weighted by molar-refractivity contribution is 8.27. The zero-order chi connectivity index (χ0) is 26.5. The van der Waals surface area contributed by atoms with Crippen molar-refractivity contribution < 1.29 is 23.8 Å². The number of nitrogens with one attached hydrogen (secondary N) is 1. The Bertz CT molecular complexity index is 1390. The lowest BCUT2D eigenvalue weighted by molar-refractivity contribution is -0.118. The molecule has 7 nitrogen and oxygen atoms in total. The number of carbonyl (C=O) groups excluding carboxylic acids is 2. The quantitative estimate of drug-likeness (QED) is 0.267. The second-order valence-electron chi connectivity index (χ2n) is 7.92. The molecule has 10 heteroatoms. The van der Waals surface area contributed by atoms with Gasteiger partial charge in [0.15, 0.2) is 22.4 Å². The van der Waals surface area contributed by atoms with E-state index in [0.29, 0.717) is 42.9 Å². The monoisotopic (exact) mass is 554 g/mol. The summed E-state index contributed by atoms with van der Waals surface area (Å²) in [6.07, 6.45) is 1.74. The molecule has 1 N–H and O–H groups in total. The first kappa shape index (κ1) is 26.5. The van der Waals surface area contributed by atoms with Gasteiger partial charge in [0.1, 0.15) is 5.75 Å². The van der Waals surface area contributed by atoms with Crippen molar-refractivity contribution in [1.82, 2.24) is 0 Å². The number of aryl methyl sites for hydroxylation is 1. The Hall–Kier alpha value is -3.53. The van der Waals surface area contributed by atoms with Gasteiger partial charge in [-0.25, -0.2) is 0 Å². The molecule has 4 rings (SSSR count). The number of rotatable bonds is 8. The smallest absolute Gasteiger partial charge is 0.270 e. The van der Waals surface area contributed by atoms with E-state index in [2.05, 4.69) is 5.32 Å². The Labute approximate surface area is 229 Å². The van der Waals surface area contributed by atoms with Gasteiger partial charge in [0.2, 0.25) is 0 Å². The van der Waals surface area contributed by atoms with Gasteiger partial charge in [-0.05, 0) is 72.7 Å². The van der Waals surface area contributed by atoms with Gasteiger partial charge in [-0.3, -0.25) is 14.5 Å². The third-order valence-corrected chi connectivity index (χ3v) is 6.98. The molecule has 1 heterocycles. The Balaban J connectivity index is 1.45. The normalized spacial score (nSPS) is 14.2. The largest absolute Gasteiger partial charge is 0.497 e. The van der Waals surface area contributed by atoms with Gasteiger partial charge in [-0.1, -0.05) is 47.7 Å². The number of halogens is 1. The van der Waals surface area contributed by atoms with Crippen molar-refractivity contribution in [2.24, 2.45) is 0 Å². The summed E-state index contributed by atoms with van der Waals surface area (Å²) >= 11 is 12.7. The molecule has 37 heavy (non-hydrogen) atoms. The average Bonchev–Trinajstić information content (AvgIpc) is 3.17. The number of thiocarbonyl (C=S) groups is 1. The summed E-state index contributed by atoms with van der Waals surface area (Å²) < 4.78 is 16.8. The summed E-state index contributed by atoms with van der Waals surface area (Å²) in [5, 5.41) is 3.32. The van der Waals surface area contributed by atoms with Crippen molar-refractivity contribution in [3.63, 3.8) is 0 Å². The number of hydrogen-bond donors (Lipinski definition) is 1. The van der Waals surface area contributed by atoms with Crippen LogP contribution in [0.15, 0.2) is 65.6 Å². The van der Waals surface area contributed by atoms with Crippen molar-refractivity contribution >= 4 is 69.2 Å². The van der Waals surface area contributed by atoms with Crippen LogP contribution in [0, 0.1) is 6.92 Å². The minimum Gasteiger partial charge on any atom is -0.497 e. The molecule has 3 aromatic rings. The maximum atomic E-state index is 13.1. The van der Waals surface area contributed by atoms with Crippen LogP contribution in [0.3, 0.4) is 0 Å². The molecule has 1 aliphatic rings. The molecule has 0 spiro atoms. The summed E-state index contributed by atoms with van der Waals surface area (Å²) in [6.45, 7) is 1.65. The molecule has 0 aromatic heterocycles.